The maximum atomic E-state index is 12.9. The maximum Gasteiger partial charge on any atom is 0.458 e. The normalized spacial score (nSPS) is 11.2. The third-order valence-corrected chi connectivity index (χ3v) is 1.94. The third-order valence-electron chi connectivity index (χ3n) is 1.94. The number of alkyl halides is 5. The molecule has 1 N–H and O–H groups in total. The first kappa shape index (κ1) is 21.5. The van der Waals surface area contributed by atoms with Crippen LogP contribution in [0, 0.1) is 5.82 Å². The van der Waals surface area contributed by atoms with E-state index in [1.54, 1.807) is 11.8 Å². The summed E-state index contributed by atoms with van der Waals surface area (Å²) in [6.45, 7) is -0.774. The summed E-state index contributed by atoms with van der Waals surface area (Å²) in [5.74, 6) is -6.41. The van der Waals surface area contributed by atoms with Gasteiger partial charge in [0, 0.05) is 19.5 Å². The fraction of sp³-hybridized carbons (Fsp3) is 0.455. The number of halogens is 6. The van der Waals surface area contributed by atoms with Crippen molar-refractivity contribution < 1.29 is 31.4 Å². The molecule has 113 valence electrons. The zero-order valence-electron chi connectivity index (χ0n) is 10.6. The Kier molecular flexibility index (Phi) is 9.08. The van der Waals surface area contributed by atoms with E-state index in [0.29, 0.717) is 12.1 Å². The number of aliphatic hydroxyl groups excluding tert-OH is 1. The highest BCUT2D eigenvalue weighted by Crippen LogP contribution is 2.43. The second-order valence-corrected chi connectivity index (χ2v) is 4.26. The van der Waals surface area contributed by atoms with E-state index in [1.807, 2.05) is 12.5 Å². The van der Waals surface area contributed by atoms with Crippen molar-refractivity contribution in [2.75, 3.05) is 12.5 Å². The SMILES string of the molecule is CSC.OCc1ccc(C(F)(F)C(F)(F)F)cc1F.[B]. The standard InChI is InChI=1S/C9H6F6O.C2H6S.B/c10-7-3-6(2-1-5(7)4-16)8(11,12)9(13,14)15;1-3-2;/h1-3,16H,4H2;1-2H3;. The largest absolute Gasteiger partial charge is 0.458 e. The predicted molar refractivity (Wildman–Crippen MR) is 67.5 cm³/mol. The molecule has 9 heteroatoms. The summed E-state index contributed by atoms with van der Waals surface area (Å²) in [6.07, 6.45) is -1.69. The van der Waals surface area contributed by atoms with Crippen LogP contribution in [-0.2, 0) is 12.5 Å². The molecule has 3 radical (unpaired) electrons. The summed E-state index contributed by atoms with van der Waals surface area (Å²) < 4.78 is 74.1. The fourth-order valence-corrected chi connectivity index (χ4v) is 1.03. The Bertz CT molecular complexity index is 410. The van der Waals surface area contributed by atoms with E-state index in [4.69, 9.17) is 5.11 Å². The number of hydrogen-bond acceptors (Lipinski definition) is 2. The molecule has 0 spiro atoms. The van der Waals surface area contributed by atoms with E-state index >= 15 is 0 Å². The number of hydrogen-bond donors (Lipinski definition) is 1. The van der Waals surface area contributed by atoms with E-state index in [9.17, 15) is 26.3 Å². The van der Waals surface area contributed by atoms with Crippen molar-refractivity contribution in [1.82, 2.24) is 0 Å². The second-order valence-electron chi connectivity index (χ2n) is 3.44. The monoisotopic (exact) mass is 317 g/mol. The van der Waals surface area contributed by atoms with Crippen molar-refractivity contribution in [3.8, 4) is 0 Å². The second kappa shape index (κ2) is 8.46. The van der Waals surface area contributed by atoms with Crippen molar-refractivity contribution in [2.24, 2.45) is 0 Å². The molecule has 1 nitrogen and oxygen atoms in total. The minimum atomic E-state index is -5.78. The fourth-order valence-electron chi connectivity index (χ4n) is 1.03. The van der Waals surface area contributed by atoms with Crippen molar-refractivity contribution in [1.29, 1.82) is 0 Å². The lowest BCUT2D eigenvalue weighted by molar-refractivity contribution is -0.289. The van der Waals surface area contributed by atoms with Gasteiger partial charge in [0.15, 0.2) is 0 Å². The van der Waals surface area contributed by atoms with E-state index in [1.165, 1.54) is 0 Å². The van der Waals surface area contributed by atoms with Gasteiger partial charge < -0.3 is 5.11 Å². The van der Waals surface area contributed by atoms with Gasteiger partial charge in [0.2, 0.25) is 0 Å². The Labute approximate surface area is 118 Å². The zero-order valence-corrected chi connectivity index (χ0v) is 11.5. The Morgan fingerprint density at radius 3 is 1.85 bits per heavy atom. The van der Waals surface area contributed by atoms with Gasteiger partial charge in [-0.05, 0) is 18.6 Å². The van der Waals surface area contributed by atoms with E-state index < -0.39 is 30.1 Å². The van der Waals surface area contributed by atoms with Crippen molar-refractivity contribution in [3.05, 3.63) is 35.1 Å². The first-order chi connectivity index (χ1) is 8.61. The smallest absolute Gasteiger partial charge is 0.392 e. The van der Waals surface area contributed by atoms with Crippen LogP contribution in [0.3, 0.4) is 0 Å². The van der Waals surface area contributed by atoms with Crippen LogP contribution in [0.1, 0.15) is 11.1 Å². The molecule has 1 rings (SSSR count). The van der Waals surface area contributed by atoms with Gasteiger partial charge in [-0.1, -0.05) is 12.1 Å². The molecule has 0 fully saturated rings. The summed E-state index contributed by atoms with van der Waals surface area (Å²) in [5, 5.41) is 8.52. The average Bonchev–Trinajstić information content (AvgIpc) is 2.28. The van der Waals surface area contributed by atoms with Crippen LogP contribution >= 0.6 is 11.8 Å². The van der Waals surface area contributed by atoms with Crippen LogP contribution in [0.4, 0.5) is 26.3 Å². The highest BCUT2D eigenvalue weighted by atomic mass is 32.2. The predicted octanol–water partition coefficient (Wildman–Crippen LogP) is 3.57. The average molecular weight is 317 g/mol. The van der Waals surface area contributed by atoms with Gasteiger partial charge in [-0.2, -0.15) is 33.7 Å². The summed E-state index contributed by atoms with van der Waals surface area (Å²) in [7, 11) is 0. The van der Waals surface area contributed by atoms with Crippen LogP contribution < -0.4 is 0 Å². The quantitative estimate of drug-likeness (QED) is 0.665. The Hall–Kier alpha value is -0.825. The maximum absolute atomic E-state index is 12.9. The Morgan fingerprint density at radius 2 is 1.55 bits per heavy atom. The van der Waals surface area contributed by atoms with Crippen molar-refractivity contribution in [3.63, 3.8) is 0 Å². The molecule has 1 aromatic carbocycles. The first-order valence-electron chi connectivity index (χ1n) is 4.86. The Balaban J connectivity index is 0. The van der Waals surface area contributed by atoms with Crippen LogP contribution in [0.5, 0.6) is 0 Å². The Morgan fingerprint density at radius 1 is 1.10 bits per heavy atom. The molecule has 0 heterocycles. The van der Waals surface area contributed by atoms with Crippen LogP contribution in [0.2, 0.25) is 0 Å². The molecule has 0 amide bonds. The molecule has 0 atom stereocenters. The summed E-state index contributed by atoms with van der Waals surface area (Å²) in [5.41, 5.74) is -1.84. The minimum absolute atomic E-state index is 0. The van der Waals surface area contributed by atoms with Gasteiger partial charge in [-0.15, -0.1) is 0 Å². The van der Waals surface area contributed by atoms with Crippen LogP contribution in [-0.4, -0.2) is 32.2 Å². The lowest BCUT2D eigenvalue weighted by Gasteiger charge is -2.20. The lowest BCUT2D eigenvalue weighted by Crippen LogP contribution is -2.33. The number of benzene rings is 1. The minimum Gasteiger partial charge on any atom is -0.392 e. The lowest BCUT2D eigenvalue weighted by atomic mass is 10.1. The van der Waals surface area contributed by atoms with Gasteiger partial charge >= 0.3 is 12.1 Å². The van der Waals surface area contributed by atoms with Gasteiger partial charge in [0.25, 0.3) is 0 Å². The molecule has 0 aliphatic heterocycles. The highest BCUT2D eigenvalue weighted by molar-refractivity contribution is 7.97. The number of rotatable bonds is 2. The van der Waals surface area contributed by atoms with Gasteiger partial charge in [-0.25, -0.2) is 4.39 Å². The van der Waals surface area contributed by atoms with E-state index in [-0.39, 0.29) is 20.0 Å². The molecule has 20 heavy (non-hydrogen) atoms. The molecular weight excluding hydrogens is 305 g/mol. The van der Waals surface area contributed by atoms with E-state index in [2.05, 4.69) is 0 Å². The molecule has 1 aromatic rings. The van der Waals surface area contributed by atoms with Gasteiger partial charge in [0.1, 0.15) is 5.82 Å². The van der Waals surface area contributed by atoms with Crippen molar-refractivity contribution in [2.45, 2.75) is 18.7 Å². The molecule has 0 aliphatic rings. The van der Waals surface area contributed by atoms with Crippen molar-refractivity contribution >= 4 is 20.2 Å². The molecular formula is C11H12BF6OS. The summed E-state index contributed by atoms with van der Waals surface area (Å²) >= 11 is 1.75. The summed E-state index contributed by atoms with van der Waals surface area (Å²) in [4.78, 5) is 0. The molecule has 0 saturated heterocycles. The van der Waals surface area contributed by atoms with Gasteiger partial charge in [-0.3, -0.25) is 0 Å². The molecule has 0 aliphatic carbocycles. The third kappa shape index (κ3) is 5.28. The summed E-state index contributed by atoms with van der Waals surface area (Å²) in [6, 6.07) is 1.19. The highest BCUT2D eigenvalue weighted by Gasteiger charge is 2.58. The topological polar surface area (TPSA) is 20.2 Å². The molecule has 0 bridgehead atoms. The zero-order chi connectivity index (χ0) is 15.3. The van der Waals surface area contributed by atoms with E-state index in [0.717, 1.165) is 0 Å². The first-order valence-corrected chi connectivity index (χ1v) is 6.49. The number of aliphatic hydroxyl groups is 1. The van der Waals surface area contributed by atoms with Crippen LogP contribution in [0.25, 0.3) is 0 Å². The molecule has 0 unspecified atom stereocenters. The number of thioether (sulfide) groups is 1. The van der Waals surface area contributed by atoms with Crippen LogP contribution in [0.15, 0.2) is 18.2 Å². The molecule has 0 aromatic heterocycles. The molecule has 0 saturated carbocycles. The van der Waals surface area contributed by atoms with Gasteiger partial charge in [0.05, 0.1) is 6.61 Å².